The third kappa shape index (κ3) is 3.27. The highest BCUT2D eigenvalue weighted by Crippen LogP contribution is 2.30. The average Bonchev–Trinajstić information content (AvgIpc) is 2.93. The van der Waals surface area contributed by atoms with E-state index in [0.29, 0.717) is 6.04 Å². The van der Waals surface area contributed by atoms with Crippen molar-refractivity contribution in [3.8, 4) is 0 Å². The topological polar surface area (TPSA) is 42.7 Å². The van der Waals surface area contributed by atoms with Gasteiger partial charge in [-0.15, -0.1) is 11.3 Å². The largest absolute Gasteiger partial charge is 0.336 e. The van der Waals surface area contributed by atoms with Gasteiger partial charge < -0.3 is 9.88 Å². The Morgan fingerprint density at radius 1 is 1.30 bits per heavy atom. The molecule has 0 bridgehead atoms. The molecule has 0 aromatic carbocycles. The number of thiazole rings is 1. The molecule has 4 nitrogen and oxygen atoms in total. The zero-order chi connectivity index (χ0) is 14.9. The lowest BCUT2D eigenvalue weighted by Gasteiger charge is -2.20. The normalized spacial score (nSPS) is 13.9. The second-order valence-electron chi connectivity index (χ2n) is 6.50. The maximum Gasteiger partial charge on any atom is 0.116 e. The smallest absolute Gasteiger partial charge is 0.116 e. The molecule has 2 aromatic rings. The second kappa shape index (κ2) is 5.66. The Kier molecular flexibility index (Phi) is 4.30. The summed E-state index contributed by atoms with van der Waals surface area (Å²) in [7, 11) is 2.02. The molecular formula is C15H24N4S. The van der Waals surface area contributed by atoms with E-state index in [-0.39, 0.29) is 11.5 Å². The fourth-order valence-corrected chi connectivity index (χ4v) is 3.14. The lowest BCUT2D eigenvalue weighted by molar-refractivity contribution is 0.502. The van der Waals surface area contributed by atoms with E-state index < -0.39 is 0 Å². The van der Waals surface area contributed by atoms with E-state index in [1.807, 2.05) is 19.6 Å². The molecule has 1 unspecified atom stereocenters. The van der Waals surface area contributed by atoms with E-state index in [1.54, 1.807) is 11.3 Å². The van der Waals surface area contributed by atoms with Gasteiger partial charge in [-0.3, -0.25) is 0 Å². The van der Waals surface area contributed by atoms with Crippen LogP contribution in [0.5, 0.6) is 0 Å². The van der Waals surface area contributed by atoms with Crippen molar-refractivity contribution >= 4 is 11.3 Å². The van der Waals surface area contributed by atoms with Crippen molar-refractivity contribution in [1.82, 2.24) is 19.9 Å². The van der Waals surface area contributed by atoms with Crippen LogP contribution in [0.1, 0.15) is 57.1 Å². The summed E-state index contributed by atoms with van der Waals surface area (Å²) in [5, 5.41) is 6.86. The Balaban J connectivity index is 2.37. The summed E-state index contributed by atoms with van der Waals surface area (Å²) in [6.07, 6.45) is 3.75. The molecule has 0 amide bonds. The predicted octanol–water partition coefficient (Wildman–Crippen LogP) is 3.26. The van der Waals surface area contributed by atoms with Gasteiger partial charge in [-0.1, -0.05) is 20.8 Å². The van der Waals surface area contributed by atoms with E-state index in [1.165, 1.54) is 0 Å². The Hall–Kier alpha value is -1.20. The summed E-state index contributed by atoms with van der Waals surface area (Å²) < 4.78 is 2.05. The minimum Gasteiger partial charge on any atom is -0.336 e. The second-order valence-corrected chi connectivity index (χ2v) is 7.39. The molecule has 110 valence electrons. The van der Waals surface area contributed by atoms with Gasteiger partial charge in [0.25, 0.3) is 0 Å². The van der Waals surface area contributed by atoms with Crippen molar-refractivity contribution < 1.29 is 0 Å². The Labute approximate surface area is 125 Å². The van der Waals surface area contributed by atoms with E-state index in [2.05, 4.69) is 54.9 Å². The third-order valence-electron chi connectivity index (χ3n) is 3.19. The van der Waals surface area contributed by atoms with Crippen LogP contribution in [-0.2, 0) is 12.5 Å². The molecule has 0 saturated carbocycles. The number of rotatable bonds is 4. The van der Waals surface area contributed by atoms with Gasteiger partial charge in [0.05, 0.1) is 23.9 Å². The van der Waals surface area contributed by atoms with Gasteiger partial charge in [-0.25, -0.2) is 9.97 Å². The third-order valence-corrected chi connectivity index (χ3v) is 4.10. The fourth-order valence-electron chi connectivity index (χ4n) is 2.03. The molecule has 1 atom stereocenters. The van der Waals surface area contributed by atoms with Crippen LogP contribution in [0.3, 0.4) is 0 Å². The number of aryl methyl sites for hydroxylation is 1. The molecule has 2 aromatic heterocycles. The molecule has 2 heterocycles. The van der Waals surface area contributed by atoms with Crippen molar-refractivity contribution in [2.24, 2.45) is 7.05 Å². The molecule has 5 heteroatoms. The van der Waals surface area contributed by atoms with E-state index in [9.17, 15) is 0 Å². The quantitative estimate of drug-likeness (QED) is 0.940. The Morgan fingerprint density at radius 2 is 2.00 bits per heavy atom. The van der Waals surface area contributed by atoms with Gasteiger partial charge >= 0.3 is 0 Å². The zero-order valence-electron chi connectivity index (χ0n) is 13.1. The number of nitrogens with one attached hydrogen (secondary N) is 1. The number of hydrogen-bond acceptors (Lipinski definition) is 4. The minimum atomic E-state index is 0.0869. The SMILES string of the molecule is CC(C)NC(c1nc(C(C)(C)C)cs1)c1cncn1C. The molecule has 20 heavy (non-hydrogen) atoms. The van der Waals surface area contributed by atoms with Gasteiger partial charge in [0, 0.05) is 23.9 Å². The number of nitrogens with zero attached hydrogens (tertiary/aromatic N) is 3. The molecule has 1 N–H and O–H groups in total. The lowest BCUT2D eigenvalue weighted by Crippen LogP contribution is -2.30. The number of hydrogen-bond donors (Lipinski definition) is 1. The van der Waals surface area contributed by atoms with E-state index >= 15 is 0 Å². The molecule has 0 spiro atoms. The highest BCUT2D eigenvalue weighted by molar-refractivity contribution is 7.09. The fraction of sp³-hybridized carbons (Fsp3) is 0.600. The van der Waals surface area contributed by atoms with Gasteiger partial charge in [0.2, 0.25) is 0 Å². The lowest BCUT2D eigenvalue weighted by atomic mass is 9.93. The van der Waals surface area contributed by atoms with Gasteiger partial charge in [0.15, 0.2) is 0 Å². The average molecular weight is 292 g/mol. The summed E-state index contributed by atoms with van der Waals surface area (Å²) in [5.41, 5.74) is 2.38. The zero-order valence-corrected chi connectivity index (χ0v) is 14.0. The van der Waals surface area contributed by atoms with Crippen LogP contribution in [0.2, 0.25) is 0 Å². The number of imidazole rings is 1. The summed E-state index contributed by atoms with van der Waals surface area (Å²) >= 11 is 1.72. The van der Waals surface area contributed by atoms with Crippen molar-refractivity contribution in [2.75, 3.05) is 0 Å². The first-order valence-electron chi connectivity index (χ1n) is 6.97. The summed E-state index contributed by atoms with van der Waals surface area (Å²) in [5.74, 6) is 0. The van der Waals surface area contributed by atoms with Gasteiger partial charge in [-0.05, 0) is 13.8 Å². The Bertz CT molecular complexity index is 562. The molecule has 0 aliphatic rings. The predicted molar refractivity (Wildman–Crippen MR) is 84.1 cm³/mol. The molecule has 0 radical (unpaired) electrons. The Morgan fingerprint density at radius 3 is 2.45 bits per heavy atom. The summed E-state index contributed by atoms with van der Waals surface area (Å²) in [6, 6.07) is 0.487. The number of aromatic nitrogens is 3. The molecule has 0 aliphatic heterocycles. The minimum absolute atomic E-state index is 0.0869. The van der Waals surface area contributed by atoms with Crippen molar-refractivity contribution in [3.05, 3.63) is 34.3 Å². The summed E-state index contributed by atoms with van der Waals surface area (Å²) in [6.45, 7) is 10.9. The van der Waals surface area contributed by atoms with E-state index in [0.717, 1.165) is 16.4 Å². The maximum absolute atomic E-state index is 4.85. The van der Waals surface area contributed by atoms with E-state index in [4.69, 9.17) is 4.98 Å². The standard InChI is InChI=1S/C15H24N4S/c1-10(2)17-13(11-7-16-9-19(11)6)14-18-12(8-20-14)15(3,4)5/h7-10,13,17H,1-6H3. The first kappa shape index (κ1) is 15.2. The molecule has 0 saturated heterocycles. The first-order chi connectivity index (χ1) is 9.29. The molecule has 0 fully saturated rings. The maximum atomic E-state index is 4.85. The highest BCUT2D eigenvalue weighted by Gasteiger charge is 2.24. The van der Waals surface area contributed by atoms with Crippen molar-refractivity contribution in [3.63, 3.8) is 0 Å². The van der Waals surface area contributed by atoms with Crippen LogP contribution >= 0.6 is 11.3 Å². The van der Waals surface area contributed by atoms with Crippen LogP contribution in [0.25, 0.3) is 0 Å². The van der Waals surface area contributed by atoms with Crippen LogP contribution in [0, 0.1) is 0 Å². The van der Waals surface area contributed by atoms with Crippen LogP contribution < -0.4 is 5.32 Å². The monoisotopic (exact) mass is 292 g/mol. The highest BCUT2D eigenvalue weighted by atomic mass is 32.1. The van der Waals surface area contributed by atoms with Crippen LogP contribution in [0.15, 0.2) is 17.9 Å². The van der Waals surface area contributed by atoms with Crippen molar-refractivity contribution in [2.45, 2.75) is 52.1 Å². The van der Waals surface area contributed by atoms with Gasteiger partial charge in [0.1, 0.15) is 11.0 Å². The summed E-state index contributed by atoms with van der Waals surface area (Å²) in [4.78, 5) is 9.08. The van der Waals surface area contributed by atoms with Crippen molar-refractivity contribution in [1.29, 1.82) is 0 Å². The first-order valence-corrected chi connectivity index (χ1v) is 7.85. The van der Waals surface area contributed by atoms with Crippen LogP contribution in [-0.4, -0.2) is 20.6 Å². The molecular weight excluding hydrogens is 268 g/mol. The molecule has 0 aliphatic carbocycles. The molecule has 2 rings (SSSR count). The van der Waals surface area contributed by atoms with Crippen LogP contribution in [0.4, 0.5) is 0 Å². The van der Waals surface area contributed by atoms with Gasteiger partial charge in [-0.2, -0.15) is 0 Å².